The first-order valence-electron chi connectivity index (χ1n) is 13.4. The summed E-state index contributed by atoms with van der Waals surface area (Å²) in [7, 11) is 0. The molecule has 0 heterocycles. The second-order valence-electron chi connectivity index (χ2n) is 9.27. The third-order valence-corrected chi connectivity index (χ3v) is 6.52. The summed E-state index contributed by atoms with van der Waals surface area (Å²) in [6, 6.07) is 25.1. The molecule has 0 aliphatic rings. The predicted octanol–water partition coefficient (Wildman–Crippen LogP) is 9.33. The van der Waals surface area contributed by atoms with Crippen molar-refractivity contribution in [3.63, 3.8) is 0 Å². The predicted molar refractivity (Wildman–Crippen MR) is 154 cm³/mol. The highest BCUT2D eigenvalue weighted by atomic mass is 19.4. The van der Waals surface area contributed by atoms with Crippen LogP contribution in [0.1, 0.15) is 36.1 Å². The van der Waals surface area contributed by atoms with E-state index in [9.17, 15) is 26.3 Å². The first-order valence-corrected chi connectivity index (χ1v) is 13.4. The van der Waals surface area contributed by atoms with Crippen molar-refractivity contribution in [3.8, 4) is 0 Å². The van der Waals surface area contributed by atoms with E-state index in [1.807, 2.05) is 0 Å². The molecule has 0 aliphatic carbocycles. The van der Waals surface area contributed by atoms with E-state index in [1.54, 1.807) is 74.5 Å². The van der Waals surface area contributed by atoms with Crippen molar-refractivity contribution in [3.05, 3.63) is 131 Å². The Hall–Kier alpha value is -4.60. The molecule has 43 heavy (non-hydrogen) atoms. The van der Waals surface area contributed by atoms with Crippen LogP contribution in [0.25, 0.3) is 0 Å². The van der Waals surface area contributed by atoms with Crippen LogP contribution in [0.2, 0.25) is 0 Å². The minimum atomic E-state index is -5.73. The molecule has 10 heteroatoms. The topological polar surface area (TPSA) is 43.2 Å². The third-order valence-electron chi connectivity index (χ3n) is 6.52. The minimum absolute atomic E-state index is 0.128. The van der Waals surface area contributed by atoms with Crippen LogP contribution >= 0.6 is 0 Å². The van der Waals surface area contributed by atoms with Gasteiger partial charge in [-0.1, -0.05) is 60.7 Å². The summed E-state index contributed by atoms with van der Waals surface area (Å²) in [5.74, 6) is 0.374. The fourth-order valence-electron chi connectivity index (χ4n) is 4.58. The highest BCUT2D eigenvalue weighted by molar-refractivity contribution is 5.96. The lowest BCUT2D eigenvalue weighted by atomic mass is 9.73. The van der Waals surface area contributed by atoms with Gasteiger partial charge in [0.05, 0.1) is 24.6 Å². The van der Waals surface area contributed by atoms with Gasteiger partial charge in [-0.05, 0) is 73.5 Å². The van der Waals surface area contributed by atoms with Crippen molar-refractivity contribution < 1.29 is 35.8 Å². The first kappa shape index (κ1) is 31.3. The molecule has 0 aliphatic heterocycles. The monoisotopic (exact) mass is 598 g/mol. The van der Waals surface area contributed by atoms with E-state index in [0.717, 1.165) is 48.5 Å². The van der Waals surface area contributed by atoms with Crippen molar-refractivity contribution in [2.45, 2.75) is 31.6 Å². The Kier molecular flexibility index (Phi) is 9.58. The summed E-state index contributed by atoms with van der Waals surface area (Å²) in [6.07, 6.45) is -11.5. The van der Waals surface area contributed by atoms with Crippen LogP contribution in [-0.2, 0) is 14.9 Å². The molecule has 4 nitrogen and oxygen atoms in total. The number of rotatable bonds is 8. The van der Waals surface area contributed by atoms with Gasteiger partial charge in [0.1, 0.15) is 0 Å². The average Bonchev–Trinajstić information content (AvgIpc) is 2.98. The highest BCUT2D eigenvalue weighted by Gasteiger charge is 2.72. The van der Waals surface area contributed by atoms with E-state index in [2.05, 4.69) is 9.98 Å². The third kappa shape index (κ3) is 6.74. The molecule has 0 N–H and O–H groups in total. The van der Waals surface area contributed by atoms with E-state index < -0.39 is 28.9 Å². The molecule has 4 aromatic carbocycles. The largest absolute Gasteiger partial charge is 0.478 e. The van der Waals surface area contributed by atoms with E-state index in [0.29, 0.717) is 11.1 Å². The van der Waals surface area contributed by atoms with Crippen molar-refractivity contribution in [1.82, 2.24) is 0 Å². The Morgan fingerprint density at radius 1 is 0.512 bits per heavy atom. The number of aliphatic imine (C=N–C) groups is 2. The summed E-state index contributed by atoms with van der Waals surface area (Å²) in [5, 5.41) is 0. The maximum Gasteiger partial charge on any atom is 0.411 e. The van der Waals surface area contributed by atoms with Gasteiger partial charge in [-0.3, -0.25) is 0 Å². The molecule has 0 saturated heterocycles. The zero-order chi connectivity index (χ0) is 31.1. The molecule has 224 valence electrons. The summed E-state index contributed by atoms with van der Waals surface area (Å²) < 4.78 is 99.3. The second kappa shape index (κ2) is 13.1. The normalized spacial score (nSPS) is 13.1. The van der Waals surface area contributed by atoms with Crippen molar-refractivity contribution in [1.29, 1.82) is 0 Å². The quantitative estimate of drug-likeness (QED) is 0.115. The molecule has 0 fully saturated rings. The summed E-state index contributed by atoms with van der Waals surface area (Å²) in [4.78, 5) is 8.65. The molecule has 0 saturated carbocycles. The molecular weight excluding hydrogens is 570 g/mol. The Bertz CT molecular complexity index is 1410. The number of hydrogen-bond acceptors (Lipinski definition) is 4. The number of ether oxygens (including phenoxy) is 2. The van der Waals surface area contributed by atoms with Gasteiger partial charge >= 0.3 is 12.4 Å². The molecule has 0 atom stereocenters. The van der Waals surface area contributed by atoms with Crippen LogP contribution in [0.15, 0.2) is 119 Å². The van der Waals surface area contributed by atoms with Crippen LogP contribution in [0, 0.1) is 0 Å². The van der Waals surface area contributed by atoms with Crippen molar-refractivity contribution >= 4 is 23.2 Å². The highest BCUT2D eigenvalue weighted by Crippen LogP contribution is 2.56. The lowest BCUT2D eigenvalue weighted by molar-refractivity contribution is -0.288. The molecule has 4 rings (SSSR count). The number of hydrogen-bond donors (Lipinski definition) is 0. The molecule has 0 aromatic heterocycles. The van der Waals surface area contributed by atoms with Crippen molar-refractivity contribution in [2.24, 2.45) is 9.98 Å². The number of halogens is 6. The maximum atomic E-state index is 14.7. The summed E-state index contributed by atoms with van der Waals surface area (Å²) >= 11 is 0. The fourth-order valence-corrected chi connectivity index (χ4v) is 4.58. The lowest BCUT2D eigenvalue weighted by Gasteiger charge is -2.38. The van der Waals surface area contributed by atoms with Gasteiger partial charge in [0.15, 0.2) is 0 Å². The number of benzene rings is 4. The van der Waals surface area contributed by atoms with Gasteiger partial charge < -0.3 is 9.47 Å². The minimum Gasteiger partial charge on any atom is -0.478 e. The number of alkyl halides is 6. The SMILES string of the molecule is CCOC(=Nc1ccc(C(c2ccc(N=C(OCC)c3ccccc3)cc2)(C(F)(F)F)C(F)(F)F)cc1)c1ccccc1. The second-order valence-corrected chi connectivity index (χ2v) is 9.27. The molecule has 4 aromatic rings. The number of nitrogens with zero attached hydrogens (tertiary/aromatic N) is 2. The molecule has 0 unspecified atom stereocenters. The summed E-state index contributed by atoms with van der Waals surface area (Å²) in [6.45, 7) is 3.99. The van der Waals surface area contributed by atoms with Gasteiger partial charge in [0.25, 0.3) is 0 Å². The Balaban J connectivity index is 1.78. The molecule has 0 radical (unpaired) electrons. The first-order chi connectivity index (χ1) is 20.5. The average molecular weight is 599 g/mol. The Morgan fingerprint density at radius 3 is 1.12 bits per heavy atom. The molecular formula is C33H28F6N2O2. The van der Waals surface area contributed by atoms with Crippen LogP contribution < -0.4 is 0 Å². The molecule has 0 amide bonds. The van der Waals surface area contributed by atoms with Gasteiger partial charge in [-0.2, -0.15) is 26.3 Å². The van der Waals surface area contributed by atoms with Gasteiger partial charge in [0.2, 0.25) is 17.2 Å². The van der Waals surface area contributed by atoms with E-state index in [4.69, 9.17) is 9.47 Å². The van der Waals surface area contributed by atoms with E-state index in [1.165, 1.54) is 0 Å². The van der Waals surface area contributed by atoms with E-state index in [-0.39, 0.29) is 36.4 Å². The van der Waals surface area contributed by atoms with Gasteiger partial charge in [-0.25, -0.2) is 9.98 Å². The Morgan fingerprint density at radius 2 is 0.837 bits per heavy atom. The van der Waals surface area contributed by atoms with Crippen molar-refractivity contribution in [2.75, 3.05) is 13.2 Å². The maximum absolute atomic E-state index is 14.7. The van der Waals surface area contributed by atoms with Gasteiger partial charge in [0, 0.05) is 11.1 Å². The zero-order valence-electron chi connectivity index (χ0n) is 23.3. The van der Waals surface area contributed by atoms with E-state index >= 15 is 0 Å². The zero-order valence-corrected chi connectivity index (χ0v) is 23.3. The van der Waals surface area contributed by atoms with Crippen LogP contribution in [0.4, 0.5) is 37.7 Å². The summed E-state index contributed by atoms with van der Waals surface area (Å²) in [5.41, 5.74) is -4.84. The van der Waals surface area contributed by atoms with Crippen LogP contribution in [0.5, 0.6) is 0 Å². The van der Waals surface area contributed by atoms with Crippen LogP contribution in [0.3, 0.4) is 0 Å². The fraction of sp³-hybridized carbons (Fsp3) is 0.212. The molecule has 0 spiro atoms. The van der Waals surface area contributed by atoms with Gasteiger partial charge in [-0.15, -0.1) is 0 Å². The van der Waals surface area contributed by atoms with Crippen LogP contribution in [-0.4, -0.2) is 37.4 Å². The lowest BCUT2D eigenvalue weighted by Crippen LogP contribution is -2.54. The standard InChI is InChI=1S/C33H28F6N2O2/c1-3-42-29(23-11-7-5-8-12-23)40-27-19-15-25(16-20-27)31(32(34,35)36,33(37,38)39)26-17-21-28(22-18-26)41-30(43-4-2)24-13-9-6-10-14-24/h5-22H,3-4H2,1-2H3. The smallest absolute Gasteiger partial charge is 0.411 e. The Labute approximate surface area is 245 Å². The molecule has 0 bridgehead atoms.